The minimum absolute atomic E-state index is 0.00340. The average Bonchev–Trinajstić information content (AvgIpc) is 2.51. The molecule has 0 bridgehead atoms. The molecular weight excluding hydrogens is 370 g/mol. The van der Waals surface area contributed by atoms with E-state index in [9.17, 15) is 35.7 Å². The van der Waals surface area contributed by atoms with E-state index < -0.39 is 51.3 Å². The molecule has 25 heavy (non-hydrogen) atoms. The second-order valence-corrected chi connectivity index (χ2v) is 6.87. The Bertz CT molecular complexity index is 780. The number of aliphatic hydroxyl groups is 1. The first kappa shape index (κ1) is 19.5. The van der Waals surface area contributed by atoms with Crippen LogP contribution in [0.2, 0.25) is 0 Å². The van der Waals surface area contributed by atoms with Crippen LogP contribution in [-0.4, -0.2) is 21.2 Å². The van der Waals surface area contributed by atoms with Crippen molar-refractivity contribution in [2.75, 3.05) is 5.75 Å². The Hall–Kier alpha value is -1.87. The Morgan fingerprint density at radius 2 is 1.48 bits per heavy atom. The van der Waals surface area contributed by atoms with Crippen LogP contribution in [0.3, 0.4) is 0 Å². The molecule has 2 rings (SSSR count). The summed E-state index contributed by atoms with van der Waals surface area (Å²) < 4.78 is 91.9. The SMILES string of the molecule is Cc1ccc(S(=O)CC(O)(c2cc(F)c(F)c(F)c2)C(F)(F)F)cc1. The van der Waals surface area contributed by atoms with Gasteiger partial charge in [0, 0.05) is 4.90 Å². The monoisotopic (exact) mass is 382 g/mol. The highest BCUT2D eigenvalue weighted by molar-refractivity contribution is 7.85. The largest absolute Gasteiger partial charge is 0.422 e. The molecule has 2 aromatic carbocycles. The number of halogens is 6. The minimum atomic E-state index is -5.40. The van der Waals surface area contributed by atoms with E-state index in [2.05, 4.69) is 0 Å². The molecule has 0 radical (unpaired) electrons. The van der Waals surface area contributed by atoms with Crippen LogP contribution in [0.5, 0.6) is 0 Å². The molecule has 0 saturated carbocycles. The van der Waals surface area contributed by atoms with Crippen LogP contribution in [0, 0.1) is 24.4 Å². The summed E-state index contributed by atoms with van der Waals surface area (Å²) in [5, 5.41) is 10.1. The van der Waals surface area contributed by atoms with Gasteiger partial charge in [-0.05, 0) is 36.8 Å². The summed E-state index contributed by atoms with van der Waals surface area (Å²) in [6, 6.07) is 5.73. The molecule has 2 aromatic rings. The predicted molar refractivity (Wildman–Crippen MR) is 78.7 cm³/mol. The summed E-state index contributed by atoms with van der Waals surface area (Å²) in [5.74, 6) is -7.14. The zero-order valence-electron chi connectivity index (χ0n) is 12.7. The highest BCUT2D eigenvalue weighted by atomic mass is 32.2. The van der Waals surface area contributed by atoms with Crippen LogP contribution in [-0.2, 0) is 16.4 Å². The van der Waals surface area contributed by atoms with E-state index in [-0.39, 0.29) is 17.0 Å². The molecular formula is C16H12F6O2S. The van der Waals surface area contributed by atoms with E-state index in [0.29, 0.717) is 0 Å². The van der Waals surface area contributed by atoms with Crippen LogP contribution in [0.1, 0.15) is 11.1 Å². The molecule has 0 heterocycles. The summed E-state index contributed by atoms with van der Waals surface area (Å²) in [4.78, 5) is -0.00340. The molecule has 0 aliphatic rings. The summed E-state index contributed by atoms with van der Waals surface area (Å²) in [6.45, 7) is 1.71. The summed E-state index contributed by atoms with van der Waals surface area (Å²) in [7, 11) is -2.34. The fourth-order valence-corrected chi connectivity index (χ4v) is 3.40. The summed E-state index contributed by atoms with van der Waals surface area (Å²) in [6.07, 6.45) is -5.40. The lowest BCUT2D eigenvalue weighted by Crippen LogP contribution is -2.47. The van der Waals surface area contributed by atoms with E-state index in [1.54, 1.807) is 6.92 Å². The van der Waals surface area contributed by atoms with Crippen molar-refractivity contribution in [2.45, 2.75) is 23.6 Å². The number of hydrogen-bond acceptors (Lipinski definition) is 2. The van der Waals surface area contributed by atoms with Gasteiger partial charge in [0.05, 0.1) is 16.6 Å². The summed E-state index contributed by atoms with van der Waals surface area (Å²) in [5.41, 5.74) is -4.32. The van der Waals surface area contributed by atoms with Crippen molar-refractivity contribution < 1.29 is 35.7 Å². The standard InChI is InChI=1S/C16H12F6O2S/c1-9-2-4-11(5-3-9)25(24)8-15(23,16(20,21)22)10-6-12(17)14(19)13(18)7-10/h2-7,23H,8H2,1H3. The zero-order chi connectivity index (χ0) is 19.0. The maximum Gasteiger partial charge on any atom is 0.422 e. The number of aryl methyl sites for hydroxylation is 1. The molecule has 2 nitrogen and oxygen atoms in total. The van der Waals surface area contributed by atoms with Crippen molar-refractivity contribution in [2.24, 2.45) is 0 Å². The Morgan fingerprint density at radius 1 is 1.00 bits per heavy atom. The molecule has 0 amide bonds. The van der Waals surface area contributed by atoms with Gasteiger partial charge >= 0.3 is 6.18 Å². The van der Waals surface area contributed by atoms with E-state index >= 15 is 0 Å². The first-order valence-electron chi connectivity index (χ1n) is 6.85. The molecule has 2 atom stereocenters. The van der Waals surface area contributed by atoms with Crippen LogP contribution >= 0.6 is 0 Å². The third-order valence-electron chi connectivity index (χ3n) is 3.55. The highest BCUT2D eigenvalue weighted by Crippen LogP contribution is 2.41. The first-order valence-corrected chi connectivity index (χ1v) is 8.17. The van der Waals surface area contributed by atoms with Gasteiger partial charge in [-0.25, -0.2) is 13.2 Å². The lowest BCUT2D eigenvalue weighted by atomic mass is 9.95. The van der Waals surface area contributed by atoms with Crippen LogP contribution < -0.4 is 0 Å². The third-order valence-corrected chi connectivity index (χ3v) is 5.03. The Morgan fingerprint density at radius 3 is 1.92 bits per heavy atom. The maximum absolute atomic E-state index is 13.4. The number of benzene rings is 2. The van der Waals surface area contributed by atoms with Gasteiger partial charge in [-0.3, -0.25) is 4.21 Å². The molecule has 1 N–H and O–H groups in total. The van der Waals surface area contributed by atoms with Crippen LogP contribution in [0.4, 0.5) is 26.3 Å². The van der Waals surface area contributed by atoms with Crippen molar-refractivity contribution in [1.29, 1.82) is 0 Å². The van der Waals surface area contributed by atoms with Gasteiger partial charge in [-0.1, -0.05) is 17.7 Å². The molecule has 0 aliphatic carbocycles. The zero-order valence-corrected chi connectivity index (χ0v) is 13.5. The van der Waals surface area contributed by atoms with Crippen molar-refractivity contribution >= 4 is 10.8 Å². The second kappa shape index (κ2) is 6.80. The lowest BCUT2D eigenvalue weighted by molar-refractivity contribution is -0.256. The first-order chi connectivity index (χ1) is 11.5. The van der Waals surface area contributed by atoms with Gasteiger partial charge in [0.15, 0.2) is 23.1 Å². The van der Waals surface area contributed by atoms with E-state index in [1.165, 1.54) is 24.3 Å². The van der Waals surface area contributed by atoms with Gasteiger partial charge in [0.1, 0.15) is 0 Å². The van der Waals surface area contributed by atoms with Crippen LogP contribution in [0.25, 0.3) is 0 Å². The number of hydrogen-bond donors (Lipinski definition) is 1. The predicted octanol–water partition coefficient (Wildman–Crippen LogP) is 3.97. The number of rotatable bonds is 4. The van der Waals surface area contributed by atoms with Gasteiger partial charge in [-0.2, -0.15) is 13.2 Å². The number of alkyl halides is 3. The molecule has 9 heteroatoms. The van der Waals surface area contributed by atoms with E-state index in [0.717, 1.165) is 5.56 Å². The molecule has 0 spiro atoms. The van der Waals surface area contributed by atoms with Crippen molar-refractivity contribution in [3.8, 4) is 0 Å². The fourth-order valence-electron chi connectivity index (χ4n) is 2.09. The Labute approximate surface area is 141 Å². The van der Waals surface area contributed by atoms with E-state index in [1.807, 2.05) is 0 Å². The highest BCUT2D eigenvalue weighted by Gasteiger charge is 2.56. The lowest BCUT2D eigenvalue weighted by Gasteiger charge is -2.30. The molecule has 0 fully saturated rings. The van der Waals surface area contributed by atoms with Crippen LogP contribution in [0.15, 0.2) is 41.3 Å². The van der Waals surface area contributed by atoms with Gasteiger partial charge in [0.2, 0.25) is 0 Å². The molecule has 0 aromatic heterocycles. The third kappa shape index (κ3) is 3.87. The quantitative estimate of drug-likeness (QED) is 0.642. The van der Waals surface area contributed by atoms with Gasteiger partial charge in [0.25, 0.3) is 0 Å². The average molecular weight is 382 g/mol. The fraction of sp³-hybridized carbons (Fsp3) is 0.250. The molecule has 0 aliphatic heterocycles. The second-order valence-electron chi connectivity index (χ2n) is 5.41. The normalized spacial score (nSPS) is 15.7. The van der Waals surface area contributed by atoms with Gasteiger partial charge < -0.3 is 5.11 Å². The van der Waals surface area contributed by atoms with Crippen molar-refractivity contribution in [1.82, 2.24) is 0 Å². The molecule has 0 saturated heterocycles. The van der Waals surface area contributed by atoms with Crippen molar-refractivity contribution in [3.05, 3.63) is 65.0 Å². The minimum Gasteiger partial charge on any atom is -0.376 e. The Balaban J connectivity index is 2.49. The summed E-state index contributed by atoms with van der Waals surface area (Å²) >= 11 is 0. The van der Waals surface area contributed by atoms with Crippen molar-refractivity contribution in [3.63, 3.8) is 0 Å². The van der Waals surface area contributed by atoms with E-state index in [4.69, 9.17) is 0 Å². The molecule has 136 valence electrons. The maximum atomic E-state index is 13.4. The smallest absolute Gasteiger partial charge is 0.376 e. The topological polar surface area (TPSA) is 37.3 Å². The molecule has 2 unspecified atom stereocenters. The van der Waals surface area contributed by atoms with Gasteiger partial charge in [-0.15, -0.1) is 0 Å². The Kier molecular flexibility index (Phi) is 5.29.